The monoisotopic (exact) mass is 242 g/mol. The van der Waals surface area contributed by atoms with Gasteiger partial charge in [-0.25, -0.2) is 0 Å². The molecule has 0 aromatic heterocycles. The Morgan fingerprint density at radius 2 is 2.19 bits per heavy atom. The van der Waals surface area contributed by atoms with E-state index < -0.39 is 0 Å². The Labute approximate surface area is 100 Å². The first-order valence-electron chi connectivity index (χ1n) is 4.87. The van der Waals surface area contributed by atoms with E-state index in [1.165, 1.54) is 5.54 Å². The summed E-state index contributed by atoms with van der Waals surface area (Å²) >= 11 is 5.54. The van der Waals surface area contributed by atoms with E-state index in [-0.39, 0.29) is 6.61 Å². The Hall–Kier alpha value is -1.19. The van der Waals surface area contributed by atoms with Crippen molar-refractivity contribution in [2.75, 3.05) is 13.7 Å². The summed E-state index contributed by atoms with van der Waals surface area (Å²) in [6.07, 6.45) is 0. The van der Waals surface area contributed by atoms with Crippen LogP contribution in [0, 0.1) is 0 Å². The molecule has 0 saturated heterocycles. The van der Waals surface area contributed by atoms with Crippen molar-refractivity contribution in [3.05, 3.63) is 34.9 Å². The highest BCUT2D eigenvalue weighted by Gasteiger charge is 2.05. The first-order chi connectivity index (χ1) is 7.71. The topological polar surface area (TPSA) is 38.7 Å². The third kappa shape index (κ3) is 3.43. The fraction of sp³-hybridized carbons (Fsp3) is 0.333. The predicted molar refractivity (Wildman–Crippen MR) is 64.0 cm³/mol. The Balaban J connectivity index is 2.83. The predicted octanol–water partition coefficient (Wildman–Crippen LogP) is 2.71. The lowest BCUT2D eigenvalue weighted by Crippen LogP contribution is -2.01. The molecule has 0 fully saturated rings. The molecule has 0 amide bonds. The maximum Gasteiger partial charge on any atom is 0.162 e. The van der Waals surface area contributed by atoms with Gasteiger partial charge in [0.1, 0.15) is 6.61 Å². The molecule has 1 aromatic carbocycles. The van der Waals surface area contributed by atoms with E-state index in [1.807, 2.05) is 6.92 Å². The van der Waals surface area contributed by atoms with Gasteiger partial charge in [-0.1, -0.05) is 17.7 Å². The molecule has 16 heavy (non-hydrogen) atoms. The first kappa shape index (κ1) is 12.9. The number of hydrogen-bond donors (Lipinski definition) is 1. The zero-order valence-corrected chi connectivity index (χ0v) is 10.1. The van der Waals surface area contributed by atoms with Crippen LogP contribution in [0.2, 0.25) is 0 Å². The van der Waals surface area contributed by atoms with Crippen LogP contribution in [0.3, 0.4) is 0 Å². The molecule has 1 rings (SSSR count). The molecule has 0 aliphatic heterocycles. The molecule has 4 heteroatoms. The second-order valence-electron chi connectivity index (χ2n) is 3.39. The molecule has 1 N–H and O–H groups in total. The van der Waals surface area contributed by atoms with Crippen LogP contribution in [0.1, 0.15) is 12.5 Å². The van der Waals surface area contributed by atoms with Crippen LogP contribution in [0.5, 0.6) is 11.5 Å². The fourth-order valence-electron chi connectivity index (χ4n) is 1.16. The zero-order valence-electron chi connectivity index (χ0n) is 9.37. The summed E-state index contributed by atoms with van der Waals surface area (Å²) in [7, 11) is 1.57. The van der Waals surface area contributed by atoms with Gasteiger partial charge >= 0.3 is 0 Å². The number of benzene rings is 1. The molecule has 0 bridgehead atoms. The lowest BCUT2D eigenvalue weighted by atomic mass is 10.2. The van der Waals surface area contributed by atoms with Gasteiger partial charge in [0.25, 0.3) is 0 Å². The molecule has 88 valence electrons. The summed E-state index contributed by atoms with van der Waals surface area (Å²) in [5.74, 6) is 1.24. The molecular formula is C12H15ClO3. The third-order valence-electron chi connectivity index (χ3n) is 2.05. The van der Waals surface area contributed by atoms with E-state index in [0.29, 0.717) is 18.1 Å². The van der Waals surface area contributed by atoms with Crippen LogP contribution >= 0.6 is 11.6 Å². The van der Waals surface area contributed by atoms with Crippen LogP contribution in [0.25, 0.3) is 0 Å². The van der Waals surface area contributed by atoms with E-state index in [4.69, 9.17) is 26.2 Å². The summed E-state index contributed by atoms with van der Waals surface area (Å²) in [4.78, 5) is 0. The van der Waals surface area contributed by atoms with Crippen molar-refractivity contribution in [1.82, 2.24) is 0 Å². The number of aliphatic hydroxyl groups excluding tert-OH is 1. The molecule has 0 atom stereocenters. The fourth-order valence-corrected chi connectivity index (χ4v) is 1.22. The average Bonchev–Trinajstić information content (AvgIpc) is 2.35. The maximum atomic E-state index is 9.02. The normalized spacial score (nSPS) is 11.4. The third-order valence-corrected chi connectivity index (χ3v) is 2.42. The highest BCUT2D eigenvalue weighted by Crippen LogP contribution is 2.28. The SMILES string of the molecule is COc1ccc(CO)cc1OC/C(C)=C/Cl. The second kappa shape index (κ2) is 6.40. The Morgan fingerprint density at radius 1 is 1.44 bits per heavy atom. The minimum Gasteiger partial charge on any atom is -0.493 e. The molecule has 0 heterocycles. The maximum absolute atomic E-state index is 9.02. The van der Waals surface area contributed by atoms with E-state index in [1.54, 1.807) is 25.3 Å². The number of rotatable bonds is 5. The van der Waals surface area contributed by atoms with Crippen molar-refractivity contribution in [2.45, 2.75) is 13.5 Å². The summed E-state index contributed by atoms with van der Waals surface area (Å²) < 4.78 is 10.7. The minimum absolute atomic E-state index is 0.0231. The smallest absolute Gasteiger partial charge is 0.162 e. The molecule has 1 aromatic rings. The summed E-state index contributed by atoms with van der Waals surface area (Å²) in [6, 6.07) is 5.30. The van der Waals surface area contributed by atoms with Gasteiger partial charge in [0.05, 0.1) is 13.7 Å². The van der Waals surface area contributed by atoms with Gasteiger partial charge in [0, 0.05) is 5.54 Å². The van der Waals surface area contributed by atoms with Crippen LogP contribution < -0.4 is 9.47 Å². The second-order valence-corrected chi connectivity index (χ2v) is 3.61. The van der Waals surface area contributed by atoms with Crippen molar-refractivity contribution < 1.29 is 14.6 Å². The van der Waals surface area contributed by atoms with E-state index >= 15 is 0 Å². The molecule has 0 radical (unpaired) electrons. The average molecular weight is 243 g/mol. The van der Waals surface area contributed by atoms with Gasteiger partial charge in [0.15, 0.2) is 11.5 Å². The van der Waals surface area contributed by atoms with Crippen molar-refractivity contribution in [2.24, 2.45) is 0 Å². The standard InChI is InChI=1S/C12H15ClO3/c1-9(6-13)8-16-12-5-10(7-14)3-4-11(12)15-2/h3-6,14H,7-8H2,1-2H3/b9-6+. The molecule has 0 aliphatic carbocycles. The number of ether oxygens (including phenoxy) is 2. The number of aliphatic hydroxyl groups is 1. The van der Waals surface area contributed by atoms with Crippen molar-refractivity contribution >= 4 is 11.6 Å². The van der Waals surface area contributed by atoms with Crippen molar-refractivity contribution in [3.8, 4) is 11.5 Å². The van der Waals surface area contributed by atoms with E-state index in [2.05, 4.69) is 0 Å². The molecule has 0 saturated carbocycles. The number of methoxy groups -OCH3 is 1. The lowest BCUT2D eigenvalue weighted by molar-refractivity contribution is 0.278. The number of halogens is 1. The van der Waals surface area contributed by atoms with Gasteiger partial charge in [-0.2, -0.15) is 0 Å². The van der Waals surface area contributed by atoms with E-state index in [9.17, 15) is 0 Å². The van der Waals surface area contributed by atoms with Gasteiger partial charge in [-0.3, -0.25) is 0 Å². The molecular weight excluding hydrogens is 228 g/mol. The van der Waals surface area contributed by atoms with Crippen LogP contribution in [-0.2, 0) is 6.61 Å². The van der Waals surface area contributed by atoms with Crippen molar-refractivity contribution in [1.29, 1.82) is 0 Å². The Kier molecular flexibility index (Phi) is 5.15. The highest BCUT2D eigenvalue weighted by molar-refractivity contribution is 6.25. The molecule has 0 unspecified atom stereocenters. The lowest BCUT2D eigenvalue weighted by Gasteiger charge is -2.11. The van der Waals surface area contributed by atoms with Gasteiger partial charge in [-0.05, 0) is 30.2 Å². The van der Waals surface area contributed by atoms with Gasteiger partial charge in [0.2, 0.25) is 0 Å². The highest BCUT2D eigenvalue weighted by atomic mass is 35.5. The van der Waals surface area contributed by atoms with Crippen LogP contribution in [0.4, 0.5) is 0 Å². The van der Waals surface area contributed by atoms with Crippen LogP contribution in [0.15, 0.2) is 29.3 Å². The summed E-state index contributed by atoms with van der Waals surface area (Å²) in [6.45, 7) is 2.24. The van der Waals surface area contributed by atoms with Crippen molar-refractivity contribution in [3.63, 3.8) is 0 Å². The summed E-state index contributed by atoms with van der Waals surface area (Å²) in [5, 5.41) is 9.02. The van der Waals surface area contributed by atoms with Gasteiger partial charge < -0.3 is 14.6 Å². The van der Waals surface area contributed by atoms with Crippen LogP contribution in [-0.4, -0.2) is 18.8 Å². The van der Waals surface area contributed by atoms with Gasteiger partial charge in [-0.15, -0.1) is 0 Å². The first-order valence-corrected chi connectivity index (χ1v) is 5.31. The quantitative estimate of drug-likeness (QED) is 0.863. The minimum atomic E-state index is -0.0231. The molecule has 0 spiro atoms. The largest absolute Gasteiger partial charge is 0.493 e. The molecule has 3 nitrogen and oxygen atoms in total. The Morgan fingerprint density at radius 3 is 2.75 bits per heavy atom. The summed E-state index contributed by atoms with van der Waals surface area (Å²) in [5.41, 5.74) is 3.17. The Bertz CT molecular complexity index is 375. The number of hydrogen-bond acceptors (Lipinski definition) is 3. The zero-order chi connectivity index (χ0) is 12.0. The molecule has 0 aliphatic rings. The van der Waals surface area contributed by atoms with E-state index in [0.717, 1.165) is 11.1 Å².